The van der Waals surface area contributed by atoms with Crippen LogP contribution in [0.3, 0.4) is 0 Å². The molecule has 0 bridgehead atoms. The van der Waals surface area contributed by atoms with Crippen LogP contribution in [-0.2, 0) is 0 Å². The van der Waals surface area contributed by atoms with Gasteiger partial charge in [0.2, 0.25) is 0 Å². The van der Waals surface area contributed by atoms with E-state index < -0.39 is 17.8 Å². The van der Waals surface area contributed by atoms with E-state index in [2.05, 4.69) is 0 Å². The summed E-state index contributed by atoms with van der Waals surface area (Å²) in [6, 6.07) is 3.97. The second kappa shape index (κ2) is 4.22. The lowest BCUT2D eigenvalue weighted by atomic mass is 10.2. The summed E-state index contributed by atoms with van der Waals surface area (Å²) in [6.45, 7) is 0. The van der Waals surface area contributed by atoms with Crippen molar-refractivity contribution in [2.24, 2.45) is 5.73 Å². The lowest BCUT2D eigenvalue weighted by Gasteiger charge is -2.03. The minimum Gasteiger partial charge on any atom is -0.350 e. The number of rotatable bonds is 1. The summed E-state index contributed by atoms with van der Waals surface area (Å²) < 4.78 is 12.4. The maximum Gasteiger partial charge on any atom is 0.330 e. The lowest BCUT2D eigenvalue weighted by Crippen LogP contribution is -2.44. The topological polar surface area (TPSA) is 84.2 Å². The van der Waals surface area contributed by atoms with E-state index in [1.165, 1.54) is 12.1 Å². The van der Waals surface area contributed by atoms with E-state index in [9.17, 15) is 14.0 Å². The van der Waals surface area contributed by atoms with E-state index in [0.717, 1.165) is 12.1 Å². The average Bonchev–Trinajstić information content (AvgIpc) is 2.15. The number of carbonyl (C=O) groups excluding carboxylic acids is 2. The first-order valence-electron chi connectivity index (χ1n) is 3.71. The predicted molar refractivity (Wildman–Crippen MR) is 46.6 cm³/mol. The van der Waals surface area contributed by atoms with E-state index in [1.807, 2.05) is 10.9 Å². The predicted octanol–water partition coefficient (Wildman–Crippen LogP) is 0.139. The molecular formula is C8H8FN3O2. The number of hydrazine groups is 1. The highest BCUT2D eigenvalue weighted by Crippen LogP contribution is 2.01. The SMILES string of the molecule is NC(=O)NNC(=O)c1ccc(F)cc1. The molecule has 0 saturated carbocycles. The molecule has 0 radical (unpaired) electrons. The largest absolute Gasteiger partial charge is 0.350 e. The first kappa shape index (κ1) is 9.97. The molecular weight excluding hydrogens is 189 g/mol. The van der Waals surface area contributed by atoms with Gasteiger partial charge in [-0.3, -0.25) is 10.2 Å². The van der Waals surface area contributed by atoms with Crippen molar-refractivity contribution >= 4 is 11.9 Å². The molecule has 0 aromatic heterocycles. The van der Waals surface area contributed by atoms with Crippen molar-refractivity contribution in [2.75, 3.05) is 0 Å². The molecule has 0 aliphatic heterocycles. The molecule has 0 fully saturated rings. The summed E-state index contributed by atoms with van der Waals surface area (Å²) in [5.74, 6) is -1.01. The van der Waals surface area contributed by atoms with Gasteiger partial charge in [-0.25, -0.2) is 14.6 Å². The van der Waals surface area contributed by atoms with Crippen molar-refractivity contribution in [3.63, 3.8) is 0 Å². The van der Waals surface area contributed by atoms with Crippen molar-refractivity contribution in [3.8, 4) is 0 Å². The third-order valence-corrected chi connectivity index (χ3v) is 1.41. The van der Waals surface area contributed by atoms with Crippen molar-refractivity contribution in [2.45, 2.75) is 0 Å². The monoisotopic (exact) mass is 197 g/mol. The number of hydrogen-bond acceptors (Lipinski definition) is 2. The molecule has 0 aliphatic carbocycles. The molecule has 5 nitrogen and oxygen atoms in total. The van der Waals surface area contributed by atoms with Crippen LogP contribution in [0.5, 0.6) is 0 Å². The van der Waals surface area contributed by atoms with Crippen LogP contribution in [0.4, 0.5) is 9.18 Å². The minimum atomic E-state index is -0.875. The Morgan fingerprint density at radius 1 is 1.14 bits per heavy atom. The van der Waals surface area contributed by atoms with Gasteiger partial charge in [-0.15, -0.1) is 0 Å². The second-order valence-corrected chi connectivity index (χ2v) is 2.45. The van der Waals surface area contributed by atoms with Gasteiger partial charge in [-0.05, 0) is 24.3 Å². The fraction of sp³-hybridized carbons (Fsp3) is 0. The molecule has 0 atom stereocenters. The van der Waals surface area contributed by atoms with Crippen LogP contribution in [0.15, 0.2) is 24.3 Å². The summed E-state index contributed by atoms with van der Waals surface area (Å²) in [5.41, 5.74) is 8.88. The summed E-state index contributed by atoms with van der Waals surface area (Å²) in [4.78, 5) is 21.4. The summed E-state index contributed by atoms with van der Waals surface area (Å²) in [7, 11) is 0. The van der Waals surface area contributed by atoms with Crippen LogP contribution in [0.1, 0.15) is 10.4 Å². The molecule has 14 heavy (non-hydrogen) atoms. The molecule has 6 heteroatoms. The molecule has 0 saturated heterocycles. The number of benzene rings is 1. The van der Waals surface area contributed by atoms with Gasteiger partial charge in [0.25, 0.3) is 5.91 Å². The van der Waals surface area contributed by atoms with Crippen molar-refractivity contribution in [1.29, 1.82) is 0 Å². The van der Waals surface area contributed by atoms with E-state index in [1.54, 1.807) is 0 Å². The second-order valence-electron chi connectivity index (χ2n) is 2.45. The normalized spacial score (nSPS) is 9.21. The van der Waals surface area contributed by atoms with Crippen molar-refractivity contribution in [1.82, 2.24) is 10.9 Å². The van der Waals surface area contributed by atoms with Gasteiger partial charge in [-0.1, -0.05) is 0 Å². The molecule has 1 aromatic carbocycles. The highest BCUT2D eigenvalue weighted by Gasteiger charge is 2.04. The first-order valence-corrected chi connectivity index (χ1v) is 3.71. The highest BCUT2D eigenvalue weighted by molar-refractivity contribution is 5.95. The maximum atomic E-state index is 12.4. The Labute approximate surface area is 79.1 Å². The highest BCUT2D eigenvalue weighted by atomic mass is 19.1. The zero-order chi connectivity index (χ0) is 10.6. The molecule has 0 aliphatic rings. The van der Waals surface area contributed by atoms with Gasteiger partial charge in [-0.2, -0.15) is 0 Å². The summed E-state index contributed by atoms with van der Waals surface area (Å²) >= 11 is 0. The van der Waals surface area contributed by atoms with Crippen LogP contribution in [-0.4, -0.2) is 11.9 Å². The molecule has 4 N–H and O–H groups in total. The van der Waals surface area contributed by atoms with Gasteiger partial charge in [0, 0.05) is 5.56 Å². The smallest absolute Gasteiger partial charge is 0.330 e. The van der Waals surface area contributed by atoms with E-state index in [4.69, 9.17) is 5.73 Å². The fourth-order valence-electron chi connectivity index (χ4n) is 0.792. The average molecular weight is 197 g/mol. The van der Waals surface area contributed by atoms with Crippen LogP contribution >= 0.6 is 0 Å². The Balaban J connectivity index is 2.61. The van der Waals surface area contributed by atoms with Gasteiger partial charge >= 0.3 is 6.03 Å². The Kier molecular flexibility index (Phi) is 3.01. The standard InChI is InChI=1S/C8H8FN3O2/c9-6-3-1-5(2-4-6)7(13)11-12-8(10)14/h1-4H,(H,11,13)(H3,10,12,14). The van der Waals surface area contributed by atoms with Gasteiger partial charge in [0.05, 0.1) is 0 Å². The summed E-state index contributed by atoms with van der Waals surface area (Å²) in [5, 5.41) is 0. The van der Waals surface area contributed by atoms with Crippen LogP contribution in [0, 0.1) is 5.82 Å². The quantitative estimate of drug-likeness (QED) is 0.559. The molecule has 0 spiro atoms. The molecule has 0 heterocycles. The van der Waals surface area contributed by atoms with Crippen molar-refractivity contribution in [3.05, 3.63) is 35.6 Å². The summed E-state index contributed by atoms with van der Waals surface area (Å²) in [6.07, 6.45) is 0. The van der Waals surface area contributed by atoms with Gasteiger partial charge < -0.3 is 5.73 Å². The number of nitrogens with one attached hydrogen (secondary N) is 2. The van der Waals surface area contributed by atoms with E-state index >= 15 is 0 Å². The first-order chi connectivity index (χ1) is 6.59. The van der Waals surface area contributed by atoms with Gasteiger partial charge in [0.1, 0.15) is 5.82 Å². The van der Waals surface area contributed by atoms with Crippen LogP contribution in [0.2, 0.25) is 0 Å². The number of hydrogen-bond donors (Lipinski definition) is 3. The Morgan fingerprint density at radius 3 is 2.21 bits per heavy atom. The zero-order valence-electron chi connectivity index (χ0n) is 7.08. The van der Waals surface area contributed by atoms with Crippen LogP contribution < -0.4 is 16.6 Å². The number of primary amides is 1. The molecule has 3 amide bonds. The number of amides is 3. The Morgan fingerprint density at radius 2 is 1.71 bits per heavy atom. The fourth-order valence-corrected chi connectivity index (χ4v) is 0.792. The third-order valence-electron chi connectivity index (χ3n) is 1.41. The zero-order valence-corrected chi connectivity index (χ0v) is 7.08. The lowest BCUT2D eigenvalue weighted by molar-refractivity contribution is 0.0937. The van der Waals surface area contributed by atoms with Gasteiger partial charge in [0.15, 0.2) is 0 Å². The number of nitrogens with two attached hydrogens (primary N) is 1. The van der Waals surface area contributed by atoms with E-state index in [-0.39, 0.29) is 5.56 Å². The Hall–Kier alpha value is -2.11. The molecule has 0 unspecified atom stereocenters. The molecule has 1 aromatic rings. The molecule has 1 rings (SSSR count). The van der Waals surface area contributed by atoms with E-state index in [0.29, 0.717) is 0 Å². The van der Waals surface area contributed by atoms with Crippen LogP contribution in [0.25, 0.3) is 0 Å². The minimum absolute atomic E-state index is 0.222. The number of urea groups is 1. The number of carbonyl (C=O) groups is 2. The number of halogens is 1. The third kappa shape index (κ3) is 2.74. The van der Waals surface area contributed by atoms with Crippen molar-refractivity contribution < 1.29 is 14.0 Å². The molecule has 74 valence electrons. The Bertz CT molecular complexity index is 350. The maximum absolute atomic E-state index is 12.4.